The van der Waals surface area contributed by atoms with E-state index in [1.165, 1.54) is 12.8 Å². The monoisotopic (exact) mass is 153 g/mol. The largest absolute Gasteiger partial charge is 0.198 e. The second kappa shape index (κ2) is 4.38. The summed E-state index contributed by atoms with van der Waals surface area (Å²) in [6.07, 6.45) is 3.45. The van der Waals surface area contributed by atoms with Gasteiger partial charge in [0.1, 0.15) is 0 Å². The first kappa shape index (κ1) is 10.5. The minimum absolute atomic E-state index is 0.116. The maximum atomic E-state index is 8.71. The van der Waals surface area contributed by atoms with Gasteiger partial charge in [-0.25, -0.2) is 0 Å². The van der Waals surface area contributed by atoms with Gasteiger partial charge in [0.25, 0.3) is 0 Å². The lowest BCUT2D eigenvalue weighted by Crippen LogP contribution is -2.07. The van der Waals surface area contributed by atoms with Gasteiger partial charge in [-0.2, -0.15) is 5.26 Å². The van der Waals surface area contributed by atoms with Gasteiger partial charge in [-0.1, -0.05) is 26.7 Å². The highest BCUT2D eigenvalue weighted by molar-refractivity contribution is 4.91. The Morgan fingerprint density at radius 2 is 1.91 bits per heavy atom. The van der Waals surface area contributed by atoms with Crippen LogP contribution in [-0.2, 0) is 0 Å². The van der Waals surface area contributed by atoms with Crippen LogP contribution in [0.4, 0.5) is 0 Å². The Balaban J connectivity index is 3.48. The molecule has 0 aliphatic rings. The molecular weight excluding hydrogens is 134 g/mol. The quantitative estimate of drug-likeness (QED) is 0.607. The third-order valence-electron chi connectivity index (χ3n) is 1.89. The Morgan fingerprint density at radius 1 is 1.36 bits per heavy atom. The average molecular weight is 153 g/mol. The molecule has 0 radical (unpaired) electrons. The third kappa shape index (κ3) is 5.91. The van der Waals surface area contributed by atoms with Gasteiger partial charge >= 0.3 is 0 Å². The predicted octanol–water partition coefficient (Wildman–Crippen LogP) is 3.36. The molecule has 0 atom stereocenters. The molecule has 0 aliphatic carbocycles. The van der Waals surface area contributed by atoms with E-state index >= 15 is 0 Å². The predicted molar refractivity (Wildman–Crippen MR) is 48.1 cm³/mol. The van der Waals surface area contributed by atoms with Gasteiger partial charge in [-0.15, -0.1) is 0 Å². The molecule has 0 aromatic carbocycles. The highest BCUT2D eigenvalue weighted by atomic mass is 14.3. The molecule has 64 valence electrons. The van der Waals surface area contributed by atoms with Gasteiger partial charge in [0.15, 0.2) is 0 Å². The SMILES string of the molecule is CC(C)CCCC(C)(C)C#N. The van der Waals surface area contributed by atoms with E-state index < -0.39 is 0 Å². The average Bonchev–Trinajstić information content (AvgIpc) is 1.87. The van der Waals surface area contributed by atoms with E-state index in [2.05, 4.69) is 19.9 Å². The molecule has 0 aliphatic heterocycles. The number of hydrogen-bond donors (Lipinski definition) is 0. The van der Waals surface area contributed by atoms with Crippen LogP contribution in [0, 0.1) is 22.7 Å². The second-order valence-corrected chi connectivity index (χ2v) is 4.28. The zero-order valence-corrected chi connectivity index (χ0v) is 8.15. The summed E-state index contributed by atoms with van der Waals surface area (Å²) in [5.74, 6) is 0.768. The molecule has 1 nitrogen and oxygen atoms in total. The van der Waals surface area contributed by atoms with Crippen LogP contribution >= 0.6 is 0 Å². The van der Waals surface area contributed by atoms with Gasteiger partial charge in [0.05, 0.1) is 11.5 Å². The zero-order chi connectivity index (χ0) is 8.91. The van der Waals surface area contributed by atoms with E-state index in [-0.39, 0.29) is 5.41 Å². The van der Waals surface area contributed by atoms with E-state index in [9.17, 15) is 0 Å². The van der Waals surface area contributed by atoms with Crippen LogP contribution in [0.3, 0.4) is 0 Å². The van der Waals surface area contributed by atoms with Gasteiger partial charge in [-0.05, 0) is 26.2 Å². The summed E-state index contributed by atoms with van der Waals surface area (Å²) in [5, 5.41) is 8.71. The molecule has 1 heteroatoms. The van der Waals surface area contributed by atoms with Crippen molar-refractivity contribution in [1.29, 1.82) is 5.26 Å². The third-order valence-corrected chi connectivity index (χ3v) is 1.89. The van der Waals surface area contributed by atoms with Crippen molar-refractivity contribution in [3.05, 3.63) is 0 Å². The maximum Gasteiger partial charge on any atom is 0.0683 e. The zero-order valence-electron chi connectivity index (χ0n) is 8.15. The fourth-order valence-electron chi connectivity index (χ4n) is 1.01. The van der Waals surface area contributed by atoms with Crippen LogP contribution in [0.15, 0.2) is 0 Å². The van der Waals surface area contributed by atoms with Crippen molar-refractivity contribution in [2.75, 3.05) is 0 Å². The van der Waals surface area contributed by atoms with Gasteiger partial charge < -0.3 is 0 Å². The minimum Gasteiger partial charge on any atom is -0.198 e. The number of rotatable bonds is 4. The molecule has 11 heavy (non-hydrogen) atoms. The van der Waals surface area contributed by atoms with Gasteiger partial charge in [0.2, 0.25) is 0 Å². The number of nitrogens with zero attached hydrogens (tertiary/aromatic N) is 1. The molecule has 0 aromatic rings. The Hall–Kier alpha value is -0.510. The second-order valence-electron chi connectivity index (χ2n) is 4.28. The van der Waals surface area contributed by atoms with Crippen LogP contribution in [-0.4, -0.2) is 0 Å². The van der Waals surface area contributed by atoms with Crippen molar-refractivity contribution >= 4 is 0 Å². The van der Waals surface area contributed by atoms with Crippen molar-refractivity contribution in [3.8, 4) is 6.07 Å². The van der Waals surface area contributed by atoms with Crippen molar-refractivity contribution in [2.45, 2.75) is 47.0 Å². The smallest absolute Gasteiger partial charge is 0.0683 e. The summed E-state index contributed by atoms with van der Waals surface area (Å²) in [6.45, 7) is 8.46. The van der Waals surface area contributed by atoms with E-state index in [4.69, 9.17) is 5.26 Å². The van der Waals surface area contributed by atoms with Gasteiger partial charge in [-0.3, -0.25) is 0 Å². The minimum atomic E-state index is -0.116. The molecule has 0 amide bonds. The summed E-state index contributed by atoms with van der Waals surface area (Å²) in [7, 11) is 0. The molecule has 0 bridgehead atoms. The number of nitriles is 1. The fourth-order valence-corrected chi connectivity index (χ4v) is 1.01. The standard InChI is InChI=1S/C10H19N/c1-9(2)6-5-7-10(3,4)8-11/h9H,5-7H2,1-4H3. The number of hydrogen-bond acceptors (Lipinski definition) is 1. The van der Waals surface area contributed by atoms with Crippen molar-refractivity contribution in [3.63, 3.8) is 0 Å². The van der Waals surface area contributed by atoms with Crippen molar-refractivity contribution in [2.24, 2.45) is 11.3 Å². The van der Waals surface area contributed by atoms with Gasteiger partial charge in [0, 0.05) is 0 Å². The highest BCUT2D eigenvalue weighted by Gasteiger charge is 2.15. The van der Waals surface area contributed by atoms with Crippen LogP contribution in [0.25, 0.3) is 0 Å². The summed E-state index contributed by atoms with van der Waals surface area (Å²) in [6, 6.07) is 2.32. The van der Waals surface area contributed by atoms with Crippen LogP contribution in [0.2, 0.25) is 0 Å². The lowest BCUT2D eigenvalue weighted by atomic mass is 9.88. The Labute approximate surface area is 70.4 Å². The first-order chi connectivity index (χ1) is 4.98. The Morgan fingerprint density at radius 3 is 2.27 bits per heavy atom. The van der Waals surface area contributed by atoms with Crippen LogP contribution < -0.4 is 0 Å². The topological polar surface area (TPSA) is 23.8 Å². The van der Waals surface area contributed by atoms with Crippen molar-refractivity contribution in [1.82, 2.24) is 0 Å². The van der Waals surface area contributed by atoms with E-state index in [1.54, 1.807) is 0 Å². The molecule has 0 N–H and O–H groups in total. The molecule has 0 spiro atoms. The van der Waals surface area contributed by atoms with E-state index in [0.717, 1.165) is 12.3 Å². The summed E-state index contributed by atoms with van der Waals surface area (Å²) in [5.41, 5.74) is -0.116. The molecule has 0 heterocycles. The molecule has 0 rings (SSSR count). The maximum absolute atomic E-state index is 8.71. The lowest BCUT2D eigenvalue weighted by Gasteiger charge is -2.14. The summed E-state index contributed by atoms with van der Waals surface area (Å²) in [4.78, 5) is 0. The van der Waals surface area contributed by atoms with Crippen molar-refractivity contribution < 1.29 is 0 Å². The first-order valence-corrected chi connectivity index (χ1v) is 4.39. The van der Waals surface area contributed by atoms with Crippen LogP contribution in [0.5, 0.6) is 0 Å². The fraction of sp³-hybridized carbons (Fsp3) is 0.900. The Kier molecular flexibility index (Phi) is 4.18. The molecule has 0 saturated carbocycles. The molecule has 0 aromatic heterocycles. The summed E-state index contributed by atoms with van der Waals surface area (Å²) >= 11 is 0. The molecule has 0 unspecified atom stereocenters. The highest BCUT2D eigenvalue weighted by Crippen LogP contribution is 2.22. The molecule has 0 fully saturated rings. The molecular formula is C10H19N. The van der Waals surface area contributed by atoms with E-state index in [0.29, 0.717) is 0 Å². The van der Waals surface area contributed by atoms with Crippen LogP contribution in [0.1, 0.15) is 47.0 Å². The lowest BCUT2D eigenvalue weighted by molar-refractivity contribution is 0.404. The Bertz CT molecular complexity index is 139. The van der Waals surface area contributed by atoms with E-state index in [1.807, 2.05) is 13.8 Å². The first-order valence-electron chi connectivity index (χ1n) is 4.39. The summed E-state index contributed by atoms with van der Waals surface area (Å²) < 4.78 is 0. The molecule has 0 saturated heterocycles. The normalized spacial score (nSPS) is 11.6.